The van der Waals surface area contributed by atoms with Gasteiger partial charge < -0.3 is 13.9 Å². The molecular formula is C20H22N2O5. The fourth-order valence-electron chi connectivity index (χ4n) is 2.49. The highest BCUT2D eigenvalue weighted by Crippen LogP contribution is 2.27. The van der Waals surface area contributed by atoms with Crippen molar-refractivity contribution in [3.05, 3.63) is 46.7 Å². The number of nitrogens with zero attached hydrogens (tertiary/aromatic N) is 1. The lowest BCUT2D eigenvalue weighted by Crippen LogP contribution is -2.30. The second-order valence-electron chi connectivity index (χ2n) is 6.31. The maximum atomic E-state index is 12.4. The molecule has 0 radical (unpaired) electrons. The smallest absolute Gasteiger partial charge is 0.342 e. The zero-order valence-electron chi connectivity index (χ0n) is 16.0. The van der Waals surface area contributed by atoms with Gasteiger partial charge in [0.1, 0.15) is 28.7 Å². The zero-order chi connectivity index (χ0) is 20.1. The van der Waals surface area contributed by atoms with E-state index in [9.17, 15) is 14.9 Å². The minimum atomic E-state index is -0.839. The number of carbonyl (C=O) groups is 2. The first-order valence-electron chi connectivity index (χ1n) is 8.47. The number of carbonyl (C=O) groups excluding carboxylic acids is 2. The van der Waals surface area contributed by atoms with E-state index >= 15 is 0 Å². The molecule has 0 aliphatic heterocycles. The number of benzene rings is 1. The van der Waals surface area contributed by atoms with Crippen molar-refractivity contribution in [1.29, 1.82) is 5.26 Å². The molecule has 7 heteroatoms. The van der Waals surface area contributed by atoms with Crippen LogP contribution in [0.25, 0.3) is 0 Å². The highest BCUT2D eigenvalue weighted by atomic mass is 16.5. The van der Waals surface area contributed by atoms with Gasteiger partial charge in [-0.2, -0.15) is 5.26 Å². The second kappa shape index (κ2) is 8.41. The highest BCUT2D eigenvalue weighted by molar-refractivity contribution is 5.99. The molecule has 0 aliphatic carbocycles. The topological polar surface area (TPSA) is 102 Å². The summed E-state index contributed by atoms with van der Waals surface area (Å²) in [5.74, 6) is -0.186. The molecule has 1 aromatic carbocycles. The Morgan fingerprint density at radius 1 is 1.19 bits per heavy atom. The number of nitriles is 1. The van der Waals surface area contributed by atoms with Crippen molar-refractivity contribution in [2.75, 3.05) is 12.4 Å². The SMILES string of the molecule is COC(=O)c1c(C)oc(NC(=O)C(C)Oc2ccc(C(C)C)cc2)c1C#N. The molecule has 27 heavy (non-hydrogen) atoms. The molecule has 1 amide bonds. The normalized spacial score (nSPS) is 11.6. The second-order valence-corrected chi connectivity index (χ2v) is 6.31. The van der Waals surface area contributed by atoms with Gasteiger partial charge >= 0.3 is 5.97 Å². The molecular weight excluding hydrogens is 348 g/mol. The molecule has 0 saturated carbocycles. The molecule has 2 rings (SSSR count). The van der Waals surface area contributed by atoms with Crippen LogP contribution in [0.2, 0.25) is 0 Å². The lowest BCUT2D eigenvalue weighted by Gasteiger charge is -2.14. The van der Waals surface area contributed by atoms with Gasteiger partial charge in [0.05, 0.1) is 7.11 Å². The van der Waals surface area contributed by atoms with Crippen LogP contribution in [0.5, 0.6) is 5.75 Å². The van der Waals surface area contributed by atoms with Gasteiger partial charge in [-0.3, -0.25) is 10.1 Å². The Kier molecular flexibility index (Phi) is 6.24. The first-order valence-corrected chi connectivity index (χ1v) is 8.47. The Balaban J connectivity index is 2.12. The molecule has 1 N–H and O–H groups in total. The molecule has 0 spiro atoms. The minimum Gasteiger partial charge on any atom is -0.481 e. The van der Waals surface area contributed by atoms with Crippen LogP contribution in [0, 0.1) is 18.3 Å². The number of ether oxygens (including phenoxy) is 2. The predicted molar refractivity (Wildman–Crippen MR) is 98.8 cm³/mol. The van der Waals surface area contributed by atoms with E-state index < -0.39 is 18.0 Å². The number of methoxy groups -OCH3 is 1. The van der Waals surface area contributed by atoms with Crippen LogP contribution < -0.4 is 10.1 Å². The maximum Gasteiger partial charge on any atom is 0.342 e. The predicted octanol–water partition coefficient (Wildman–Crippen LogP) is 3.78. The molecule has 2 aromatic rings. The lowest BCUT2D eigenvalue weighted by atomic mass is 10.0. The van der Waals surface area contributed by atoms with Gasteiger partial charge in [-0.1, -0.05) is 26.0 Å². The number of furan rings is 1. The molecule has 1 unspecified atom stereocenters. The van der Waals surface area contributed by atoms with Crippen LogP contribution >= 0.6 is 0 Å². The highest BCUT2D eigenvalue weighted by Gasteiger charge is 2.27. The fraction of sp³-hybridized carbons (Fsp3) is 0.350. The van der Waals surface area contributed by atoms with Gasteiger partial charge in [-0.15, -0.1) is 0 Å². The largest absolute Gasteiger partial charge is 0.481 e. The number of rotatable bonds is 6. The Morgan fingerprint density at radius 3 is 2.33 bits per heavy atom. The first kappa shape index (κ1) is 20.0. The Hall–Kier alpha value is -3.27. The van der Waals surface area contributed by atoms with Crippen LogP contribution in [0.3, 0.4) is 0 Å². The van der Waals surface area contributed by atoms with Crippen LogP contribution in [-0.2, 0) is 9.53 Å². The molecule has 7 nitrogen and oxygen atoms in total. The quantitative estimate of drug-likeness (QED) is 0.777. The van der Waals surface area contributed by atoms with Gasteiger partial charge in [0, 0.05) is 0 Å². The average Bonchev–Trinajstić information content (AvgIpc) is 2.96. The van der Waals surface area contributed by atoms with Gasteiger partial charge in [-0.05, 0) is 37.5 Å². The third kappa shape index (κ3) is 4.47. The molecule has 142 valence electrons. The number of hydrogen-bond donors (Lipinski definition) is 1. The van der Waals surface area contributed by atoms with E-state index in [4.69, 9.17) is 9.15 Å². The molecule has 0 saturated heterocycles. The third-order valence-electron chi connectivity index (χ3n) is 4.05. The first-order chi connectivity index (χ1) is 12.8. The Bertz CT molecular complexity index is 875. The minimum absolute atomic E-state index is 0.00635. The number of esters is 1. The van der Waals surface area contributed by atoms with E-state index in [-0.39, 0.29) is 22.8 Å². The van der Waals surface area contributed by atoms with Crippen LogP contribution in [0.15, 0.2) is 28.7 Å². The summed E-state index contributed by atoms with van der Waals surface area (Å²) < 4.78 is 15.6. The van der Waals surface area contributed by atoms with Crippen molar-refractivity contribution in [3.63, 3.8) is 0 Å². The standard InChI is InChI=1S/C20H22N2O5/c1-11(2)14-6-8-15(9-7-14)26-13(4)18(23)22-19-16(10-21)17(12(3)27-19)20(24)25-5/h6-9,11,13H,1-5H3,(H,22,23). The number of aryl methyl sites for hydroxylation is 1. The monoisotopic (exact) mass is 370 g/mol. The van der Waals surface area contributed by atoms with Crippen molar-refractivity contribution < 1.29 is 23.5 Å². The van der Waals surface area contributed by atoms with Crippen molar-refractivity contribution in [2.45, 2.75) is 39.7 Å². The van der Waals surface area contributed by atoms with Gasteiger partial charge in [0.15, 0.2) is 6.10 Å². The number of nitrogens with one attached hydrogen (secondary N) is 1. The van der Waals surface area contributed by atoms with E-state index in [1.807, 2.05) is 18.2 Å². The van der Waals surface area contributed by atoms with E-state index in [2.05, 4.69) is 23.9 Å². The van der Waals surface area contributed by atoms with E-state index in [1.54, 1.807) is 19.1 Å². The third-order valence-corrected chi connectivity index (χ3v) is 4.05. The van der Waals surface area contributed by atoms with Crippen LogP contribution in [0.1, 0.15) is 53.9 Å². The summed E-state index contributed by atoms with van der Waals surface area (Å²) in [7, 11) is 1.20. The maximum absolute atomic E-state index is 12.4. The molecule has 1 heterocycles. The number of amides is 1. The van der Waals surface area contributed by atoms with Gasteiger partial charge in [0.2, 0.25) is 5.88 Å². The lowest BCUT2D eigenvalue weighted by molar-refractivity contribution is -0.122. The summed E-state index contributed by atoms with van der Waals surface area (Å²) in [6.07, 6.45) is -0.839. The summed E-state index contributed by atoms with van der Waals surface area (Å²) in [4.78, 5) is 24.2. The van der Waals surface area contributed by atoms with Crippen LogP contribution in [-0.4, -0.2) is 25.1 Å². The van der Waals surface area contributed by atoms with E-state index in [1.165, 1.54) is 19.6 Å². The summed E-state index contributed by atoms with van der Waals surface area (Å²) in [6.45, 7) is 7.27. The van der Waals surface area contributed by atoms with Gasteiger partial charge in [-0.25, -0.2) is 4.79 Å². The summed E-state index contributed by atoms with van der Waals surface area (Å²) in [5.41, 5.74) is 1.08. The van der Waals surface area contributed by atoms with Crippen molar-refractivity contribution in [3.8, 4) is 11.8 Å². The number of anilines is 1. The summed E-state index contributed by atoms with van der Waals surface area (Å²) in [5, 5.41) is 11.8. The Morgan fingerprint density at radius 2 is 1.81 bits per heavy atom. The summed E-state index contributed by atoms with van der Waals surface area (Å²) >= 11 is 0. The zero-order valence-corrected chi connectivity index (χ0v) is 16.0. The number of hydrogen-bond acceptors (Lipinski definition) is 6. The van der Waals surface area contributed by atoms with E-state index in [0.29, 0.717) is 11.7 Å². The molecule has 1 atom stereocenters. The van der Waals surface area contributed by atoms with Gasteiger partial charge in [0.25, 0.3) is 5.91 Å². The fourth-order valence-corrected chi connectivity index (χ4v) is 2.49. The molecule has 0 aliphatic rings. The van der Waals surface area contributed by atoms with Crippen molar-refractivity contribution >= 4 is 17.8 Å². The van der Waals surface area contributed by atoms with E-state index in [0.717, 1.165) is 0 Å². The molecule has 0 bridgehead atoms. The average molecular weight is 370 g/mol. The van der Waals surface area contributed by atoms with Crippen LogP contribution in [0.4, 0.5) is 5.88 Å². The summed E-state index contributed by atoms with van der Waals surface area (Å²) in [6, 6.07) is 9.34. The molecule has 0 fully saturated rings. The Labute approximate surface area is 157 Å². The molecule has 1 aromatic heterocycles. The van der Waals surface area contributed by atoms with Crippen molar-refractivity contribution in [1.82, 2.24) is 0 Å². The van der Waals surface area contributed by atoms with Crippen molar-refractivity contribution in [2.24, 2.45) is 0 Å².